The fourth-order valence-corrected chi connectivity index (χ4v) is 3.85. The van der Waals surface area contributed by atoms with Gasteiger partial charge in [0.2, 0.25) is 0 Å². The number of carbonyl (C=O) groups is 2. The Labute approximate surface area is 151 Å². The predicted molar refractivity (Wildman–Crippen MR) is 95.2 cm³/mol. The Morgan fingerprint density at radius 1 is 0.800 bits per heavy atom. The van der Waals surface area contributed by atoms with Crippen LogP contribution in [-0.2, 0) is 23.8 Å². The molecule has 0 N–H and O–H groups in total. The van der Waals surface area contributed by atoms with Gasteiger partial charge < -0.3 is 14.2 Å². The minimum absolute atomic E-state index is 0.296. The summed E-state index contributed by atoms with van der Waals surface area (Å²) in [6.07, 6.45) is 11.1. The van der Waals surface area contributed by atoms with Crippen molar-refractivity contribution in [2.45, 2.75) is 102 Å². The molecule has 0 spiro atoms. The number of hydrogen-bond acceptors (Lipinski definition) is 5. The molecule has 2 atom stereocenters. The smallest absolute Gasteiger partial charge is 0.338 e. The molecular weight excluding hydrogens is 320 g/mol. The first-order chi connectivity index (χ1) is 12.1. The molecule has 0 radical (unpaired) electrons. The molecule has 1 aliphatic carbocycles. The van der Waals surface area contributed by atoms with Crippen molar-refractivity contribution in [3.8, 4) is 0 Å². The summed E-state index contributed by atoms with van der Waals surface area (Å²) in [5.74, 6) is -0.592. The molecule has 144 valence electrons. The average Bonchev–Trinajstić information content (AvgIpc) is 2.60. The summed E-state index contributed by atoms with van der Waals surface area (Å²) >= 11 is 0. The highest BCUT2D eigenvalue weighted by molar-refractivity contribution is 5.89. The number of rotatable bonds is 12. The number of fused-ring (bicyclic) bond motifs is 2. The molecule has 3 aliphatic rings. The van der Waals surface area contributed by atoms with Gasteiger partial charge in [-0.1, -0.05) is 52.4 Å². The second kappa shape index (κ2) is 9.56. The highest BCUT2D eigenvalue weighted by Gasteiger charge is 2.67. The third kappa shape index (κ3) is 4.96. The Morgan fingerprint density at radius 2 is 1.24 bits per heavy atom. The molecule has 5 nitrogen and oxygen atoms in total. The van der Waals surface area contributed by atoms with Crippen molar-refractivity contribution >= 4 is 11.9 Å². The minimum atomic E-state index is -0.899. The van der Waals surface area contributed by atoms with Crippen molar-refractivity contribution in [3.05, 3.63) is 0 Å². The number of carbonyl (C=O) groups excluding carboxylic acids is 2. The van der Waals surface area contributed by atoms with E-state index in [1.807, 2.05) is 0 Å². The van der Waals surface area contributed by atoms with Crippen molar-refractivity contribution in [2.75, 3.05) is 13.2 Å². The van der Waals surface area contributed by atoms with E-state index in [0.717, 1.165) is 57.8 Å². The molecule has 3 fully saturated rings. The van der Waals surface area contributed by atoms with Crippen molar-refractivity contribution < 1.29 is 23.8 Å². The molecule has 0 aromatic heterocycles. The van der Waals surface area contributed by atoms with Crippen molar-refractivity contribution in [1.82, 2.24) is 0 Å². The van der Waals surface area contributed by atoms with Crippen LogP contribution in [0.25, 0.3) is 0 Å². The quantitative estimate of drug-likeness (QED) is 0.386. The Hall–Kier alpha value is -1.10. The van der Waals surface area contributed by atoms with Crippen molar-refractivity contribution in [2.24, 2.45) is 0 Å². The van der Waals surface area contributed by atoms with Gasteiger partial charge in [0.1, 0.15) is 0 Å². The molecule has 25 heavy (non-hydrogen) atoms. The molecule has 0 aromatic rings. The SMILES string of the molecule is CCCCCCOC(=O)C12CCCC(C(=O)OCCCCCC)(C1)O2. The van der Waals surface area contributed by atoms with Gasteiger partial charge in [-0.15, -0.1) is 0 Å². The summed E-state index contributed by atoms with van der Waals surface area (Å²) in [5, 5.41) is 0. The molecule has 2 bridgehead atoms. The molecule has 1 saturated carbocycles. The maximum absolute atomic E-state index is 12.4. The Kier molecular flexibility index (Phi) is 7.73. The summed E-state index contributed by atoms with van der Waals surface area (Å²) in [4.78, 5) is 24.8. The summed E-state index contributed by atoms with van der Waals surface area (Å²) in [5.41, 5.74) is -1.80. The number of ether oxygens (including phenoxy) is 3. The van der Waals surface area contributed by atoms with Crippen LogP contribution >= 0.6 is 0 Å². The largest absolute Gasteiger partial charge is 0.464 e. The Morgan fingerprint density at radius 3 is 1.64 bits per heavy atom. The lowest BCUT2D eigenvalue weighted by molar-refractivity contribution is -0.294. The molecule has 0 aromatic carbocycles. The zero-order valence-corrected chi connectivity index (χ0v) is 15.9. The van der Waals surface area contributed by atoms with Crippen molar-refractivity contribution in [1.29, 1.82) is 0 Å². The van der Waals surface area contributed by atoms with E-state index in [9.17, 15) is 9.59 Å². The van der Waals surface area contributed by atoms with Crippen LogP contribution in [0.4, 0.5) is 0 Å². The summed E-state index contributed by atoms with van der Waals surface area (Å²) in [6, 6.07) is 0. The van der Waals surface area contributed by atoms with Crippen LogP contribution < -0.4 is 0 Å². The second-order valence-corrected chi connectivity index (χ2v) is 7.51. The summed E-state index contributed by atoms with van der Waals surface area (Å²) < 4.78 is 16.7. The lowest BCUT2D eigenvalue weighted by Gasteiger charge is -2.56. The molecule has 2 heterocycles. The molecule has 3 rings (SSSR count). The average molecular weight is 354 g/mol. The van der Waals surface area contributed by atoms with E-state index in [1.54, 1.807) is 0 Å². The second-order valence-electron chi connectivity index (χ2n) is 7.51. The van der Waals surface area contributed by atoms with E-state index in [0.29, 0.717) is 32.5 Å². The first-order valence-corrected chi connectivity index (χ1v) is 10.1. The topological polar surface area (TPSA) is 61.8 Å². The van der Waals surface area contributed by atoms with Gasteiger partial charge in [-0.05, 0) is 32.1 Å². The molecule has 2 unspecified atom stereocenters. The lowest BCUT2D eigenvalue weighted by atomic mass is 9.68. The summed E-state index contributed by atoms with van der Waals surface area (Å²) in [7, 11) is 0. The van der Waals surface area contributed by atoms with Crippen LogP contribution in [0.1, 0.15) is 90.9 Å². The van der Waals surface area contributed by atoms with Crippen LogP contribution in [0, 0.1) is 0 Å². The van der Waals surface area contributed by atoms with Gasteiger partial charge in [-0.2, -0.15) is 0 Å². The highest BCUT2D eigenvalue weighted by atomic mass is 16.6. The predicted octanol–water partition coefficient (Wildman–Crippen LogP) is 4.32. The Balaban J connectivity index is 1.73. The molecule has 2 saturated heterocycles. The third-order valence-electron chi connectivity index (χ3n) is 5.33. The van der Waals surface area contributed by atoms with E-state index in [4.69, 9.17) is 14.2 Å². The maximum atomic E-state index is 12.4. The van der Waals surface area contributed by atoms with Crippen LogP contribution in [0.3, 0.4) is 0 Å². The van der Waals surface area contributed by atoms with Crippen LogP contribution in [0.5, 0.6) is 0 Å². The van der Waals surface area contributed by atoms with Crippen LogP contribution in [0.2, 0.25) is 0 Å². The monoisotopic (exact) mass is 354 g/mol. The molecule has 5 heteroatoms. The number of unbranched alkanes of at least 4 members (excludes halogenated alkanes) is 6. The van der Waals surface area contributed by atoms with E-state index in [1.165, 1.54) is 0 Å². The summed E-state index contributed by atoms with van der Waals surface area (Å²) in [6.45, 7) is 5.19. The first-order valence-electron chi connectivity index (χ1n) is 10.1. The maximum Gasteiger partial charge on any atom is 0.338 e. The Bertz CT molecular complexity index is 401. The van der Waals surface area contributed by atoms with Crippen LogP contribution in [0.15, 0.2) is 0 Å². The number of esters is 2. The lowest BCUT2D eigenvalue weighted by Crippen LogP contribution is -2.70. The van der Waals surface area contributed by atoms with E-state index < -0.39 is 11.2 Å². The fourth-order valence-electron chi connectivity index (χ4n) is 3.85. The standard InChI is InChI=1S/C20H34O5/c1-3-5-7-9-14-23-17(21)19-12-11-13-20(16-19,25-19)18(22)24-15-10-8-6-4-2/h3-16H2,1-2H3. The minimum Gasteiger partial charge on any atom is -0.464 e. The first kappa shape index (κ1) is 20.2. The van der Waals surface area contributed by atoms with Gasteiger partial charge in [-0.3, -0.25) is 0 Å². The molecule has 0 amide bonds. The fraction of sp³-hybridized carbons (Fsp3) is 0.900. The van der Waals surface area contributed by atoms with Gasteiger partial charge in [0.25, 0.3) is 0 Å². The van der Waals surface area contributed by atoms with Crippen LogP contribution in [-0.4, -0.2) is 36.4 Å². The van der Waals surface area contributed by atoms with E-state index >= 15 is 0 Å². The molecule has 2 aliphatic heterocycles. The van der Waals surface area contributed by atoms with Crippen molar-refractivity contribution in [3.63, 3.8) is 0 Å². The number of hydrogen-bond donors (Lipinski definition) is 0. The highest BCUT2D eigenvalue weighted by Crippen LogP contribution is 2.53. The zero-order chi connectivity index (χ0) is 18.2. The van der Waals surface area contributed by atoms with Gasteiger partial charge in [0, 0.05) is 6.42 Å². The van der Waals surface area contributed by atoms with Gasteiger partial charge >= 0.3 is 11.9 Å². The van der Waals surface area contributed by atoms with Gasteiger partial charge in [-0.25, -0.2) is 9.59 Å². The molecular formula is C20H34O5. The zero-order valence-electron chi connectivity index (χ0n) is 15.9. The van der Waals surface area contributed by atoms with E-state index in [-0.39, 0.29) is 11.9 Å². The van der Waals surface area contributed by atoms with E-state index in [2.05, 4.69) is 13.8 Å². The normalized spacial score (nSPS) is 27.4. The van der Waals surface area contributed by atoms with Gasteiger partial charge in [0.15, 0.2) is 11.2 Å². The van der Waals surface area contributed by atoms with Gasteiger partial charge in [0.05, 0.1) is 13.2 Å². The third-order valence-corrected chi connectivity index (χ3v) is 5.33.